The number of hydrogen-bond donors (Lipinski definition) is 0. The minimum absolute atomic E-state index is 0.372. The van der Waals surface area contributed by atoms with E-state index in [0.717, 1.165) is 30.4 Å². The highest BCUT2D eigenvalue weighted by Gasteiger charge is 2.28. The molecule has 19 heavy (non-hydrogen) atoms. The fourth-order valence-corrected chi connectivity index (χ4v) is 4.29. The van der Waals surface area contributed by atoms with Gasteiger partial charge in [-0.05, 0) is 37.8 Å². The molecular weight excluding hydrogens is 262 g/mol. The summed E-state index contributed by atoms with van der Waals surface area (Å²) in [6.45, 7) is 5.00. The van der Waals surface area contributed by atoms with Crippen molar-refractivity contribution in [3.05, 3.63) is 23.3 Å². The minimum atomic E-state index is -3.39. The number of nitrogens with zero attached hydrogens (tertiary/aromatic N) is 1. The fraction of sp³-hybridized carbons (Fsp3) is 0.571. The van der Waals surface area contributed by atoms with Crippen LogP contribution in [0.2, 0.25) is 0 Å². The second-order valence-corrected chi connectivity index (χ2v) is 6.96. The summed E-state index contributed by atoms with van der Waals surface area (Å²) < 4.78 is 32.1. The number of ether oxygens (including phenoxy) is 1. The Morgan fingerprint density at radius 2 is 1.68 bits per heavy atom. The van der Waals surface area contributed by atoms with E-state index < -0.39 is 10.0 Å². The van der Waals surface area contributed by atoms with Gasteiger partial charge in [-0.15, -0.1) is 0 Å². The smallest absolute Gasteiger partial charge is 0.243 e. The highest BCUT2D eigenvalue weighted by molar-refractivity contribution is 7.89. The molecular formula is C14H21NO3S. The highest BCUT2D eigenvalue weighted by atomic mass is 32.2. The first-order chi connectivity index (χ1) is 8.96. The molecule has 0 aliphatic carbocycles. The van der Waals surface area contributed by atoms with E-state index >= 15 is 0 Å². The van der Waals surface area contributed by atoms with Crippen LogP contribution in [0.25, 0.3) is 0 Å². The molecule has 0 spiro atoms. The van der Waals surface area contributed by atoms with Crippen molar-refractivity contribution in [1.82, 2.24) is 4.31 Å². The van der Waals surface area contributed by atoms with Crippen molar-refractivity contribution in [3.63, 3.8) is 0 Å². The van der Waals surface area contributed by atoms with Crippen molar-refractivity contribution >= 4 is 10.0 Å². The quantitative estimate of drug-likeness (QED) is 0.856. The van der Waals surface area contributed by atoms with Crippen molar-refractivity contribution in [2.24, 2.45) is 0 Å². The molecule has 5 heteroatoms. The van der Waals surface area contributed by atoms with Gasteiger partial charge in [0.15, 0.2) is 0 Å². The molecule has 1 fully saturated rings. The molecule has 1 aromatic rings. The first-order valence-corrected chi connectivity index (χ1v) is 8.06. The number of rotatable bonds is 3. The van der Waals surface area contributed by atoms with Gasteiger partial charge in [-0.1, -0.05) is 12.5 Å². The maximum Gasteiger partial charge on any atom is 0.243 e. The largest absolute Gasteiger partial charge is 0.496 e. The molecule has 1 aromatic carbocycles. The average Bonchev–Trinajstić information content (AvgIpc) is 2.39. The van der Waals surface area contributed by atoms with E-state index in [9.17, 15) is 8.42 Å². The van der Waals surface area contributed by atoms with E-state index in [-0.39, 0.29) is 0 Å². The van der Waals surface area contributed by atoms with Gasteiger partial charge < -0.3 is 4.74 Å². The molecule has 1 saturated heterocycles. The van der Waals surface area contributed by atoms with Crippen molar-refractivity contribution < 1.29 is 13.2 Å². The number of piperidine rings is 1. The zero-order chi connectivity index (χ0) is 14.0. The van der Waals surface area contributed by atoms with Crippen LogP contribution in [0.5, 0.6) is 5.75 Å². The molecule has 1 heterocycles. The van der Waals surface area contributed by atoms with E-state index in [2.05, 4.69) is 0 Å². The van der Waals surface area contributed by atoms with Crippen LogP contribution in [0.1, 0.15) is 30.4 Å². The predicted molar refractivity (Wildman–Crippen MR) is 75.1 cm³/mol. The van der Waals surface area contributed by atoms with Crippen LogP contribution in [0.15, 0.2) is 17.0 Å². The summed E-state index contributed by atoms with van der Waals surface area (Å²) in [5.74, 6) is 0.626. The third-order valence-electron chi connectivity index (χ3n) is 3.63. The van der Waals surface area contributed by atoms with Crippen LogP contribution in [-0.4, -0.2) is 32.9 Å². The molecule has 1 aliphatic heterocycles. The summed E-state index contributed by atoms with van der Waals surface area (Å²) in [7, 11) is -1.82. The molecule has 106 valence electrons. The molecule has 0 unspecified atom stereocenters. The number of aryl methyl sites for hydroxylation is 2. The van der Waals surface area contributed by atoms with E-state index in [0.29, 0.717) is 23.7 Å². The predicted octanol–water partition coefficient (Wildman–Crippen LogP) is 2.49. The van der Waals surface area contributed by atoms with Crippen molar-refractivity contribution in [2.45, 2.75) is 38.0 Å². The lowest BCUT2D eigenvalue weighted by atomic mass is 10.1. The molecule has 2 rings (SSSR count). The Morgan fingerprint density at radius 1 is 1.05 bits per heavy atom. The number of sulfonamides is 1. The lowest BCUT2D eigenvalue weighted by Gasteiger charge is -2.26. The Kier molecular flexibility index (Phi) is 4.16. The average molecular weight is 283 g/mol. The second kappa shape index (κ2) is 5.51. The Labute approximate surface area is 115 Å². The minimum Gasteiger partial charge on any atom is -0.496 e. The monoisotopic (exact) mass is 283 g/mol. The Bertz CT molecular complexity index is 560. The van der Waals surface area contributed by atoms with E-state index in [1.807, 2.05) is 19.9 Å². The maximum absolute atomic E-state index is 12.7. The third-order valence-corrected chi connectivity index (χ3v) is 5.67. The highest BCUT2D eigenvalue weighted by Crippen LogP contribution is 2.29. The van der Waals surface area contributed by atoms with Gasteiger partial charge in [0, 0.05) is 19.2 Å². The molecule has 0 atom stereocenters. The fourth-order valence-electron chi connectivity index (χ4n) is 2.56. The third kappa shape index (κ3) is 2.77. The topological polar surface area (TPSA) is 46.6 Å². The van der Waals surface area contributed by atoms with E-state index in [1.54, 1.807) is 17.5 Å². The van der Waals surface area contributed by atoms with Crippen LogP contribution in [0.3, 0.4) is 0 Å². The summed E-state index contributed by atoms with van der Waals surface area (Å²) in [5, 5.41) is 0. The molecule has 0 amide bonds. The Balaban J connectivity index is 2.44. The number of benzene rings is 1. The summed E-state index contributed by atoms with van der Waals surface area (Å²) >= 11 is 0. The number of methoxy groups -OCH3 is 1. The zero-order valence-corrected chi connectivity index (χ0v) is 12.6. The van der Waals surface area contributed by atoms with Gasteiger partial charge >= 0.3 is 0 Å². The Morgan fingerprint density at radius 3 is 2.26 bits per heavy atom. The zero-order valence-electron chi connectivity index (χ0n) is 11.8. The molecule has 0 saturated carbocycles. The molecule has 0 aromatic heterocycles. The van der Waals surface area contributed by atoms with Gasteiger partial charge in [0.25, 0.3) is 0 Å². The molecule has 0 bridgehead atoms. The molecule has 0 radical (unpaired) electrons. The Hall–Kier alpha value is -1.07. The second-order valence-electron chi connectivity index (χ2n) is 5.05. The van der Waals surface area contributed by atoms with Gasteiger partial charge in [0.1, 0.15) is 5.75 Å². The summed E-state index contributed by atoms with van der Waals surface area (Å²) in [6, 6.07) is 3.52. The van der Waals surface area contributed by atoms with Crippen LogP contribution >= 0.6 is 0 Å². The summed E-state index contributed by atoms with van der Waals surface area (Å²) in [5.41, 5.74) is 1.74. The number of hydrogen-bond acceptors (Lipinski definition) is 3. The standard InChI is InChI=1S/C14H21NO3S/c1-11-9-12(2)14(10-13(11)18-3)19(16,17)15-7-5-4-6-8-15/h9-10H,4-8H2,1-3H3. The normalized spacial score (nSPS) is 17.4. The van der Waals surface area contributed by atoms with Crippen molar-refractivity contribution in [2.75, 3.05) is 20.2 Å². The first-order valence-electron chi connectivity index (χ1n) is 6.62. The lowest BCUT2D eigenvalue weighted by molar-refractivity contribution is 0.346. The summed E-state index contributed by atoms with van der Waals surface area (Å²) in [6.07, 6.45) is 3.00. The van der Waals surface area contributed by atoms with Gasteiger partial charge in [-0.2, -0.15) is 4.31 Å². The van der Waals surface area contributed by atoms with Crippen LogP contribution in [0.4, 0.5) is 0 Å². The van der Waals surface area contributed by atoms with Crippen LogP contribution in [0, 0.1) is 13.8 Å². The molecule has 0 N–H and O–H groups in total. The van der Waals surface area contributed by atoms with E-state index in [4.69, 9.17) is 4.74 Å². The maximum atomic E-state index is 12.7. The lowest BCUT2D eigenvalue weighted by Crippen LogP contribution is -2.36. The van der Waals surface area contributed by atoms with Gasteiger partial charge in [0.2, 0.25) is 10.0 Å². The van der Waals surface area contributed by atoms with Crippen LogP contribution in [-0.2, 0) is 10.0 Å². The van der Waals surface area contributed by atoms with Crippen molar-refractivity contribution in [3.8, 4) is 5.75 Å². The van der Waals surface area contributed by atoms with Gasteiger partial charge in [-0.3, -0.25) is 0 Å². The van der Waals surface area contributed by atoms with Crippen LogP contribution < -0.4 is 4.74 Å². The molecule has 4 nitrogen and oxygen atoms in total. The van der Waals surface area contributed by atoms with Crippen molar-refractivity contribution in [1.29, 1.82) is 0 Å². The van der Waals surface area contributed by atoms with Gasteiger partial charge in [0.05, 0.1) is 12.0 Å². The van der Waals surface area contributed by atoms with Gasteiger partial charge in [-0.25, -0.2) is 8.42 Å². The summed E-state index contributed by atoms with van der Waals surface area (Å²) in [4.78, 5) is 0.372. The molecule has 1 aliphatic rings. The SMILES string of the molecule is COc1cc(S(=O)(=O)N2CCCCC2)c(C)cc1C. The first kappa shape index (κ1) is 14.3. The van der Waals surface area contributed by atoms with E-state index in [1.165, 1.54) is 0 Å².